The van der Waals surface area contributed by atoms with Crippen LogP contribution in [0, 0.1) is 11.7 Å². The van der Waals surface area contributed by atoms with Crippen molar-refractivity contribution in [1.82, 2.24) is 14.3 Å². The van der Waals surface area contributed by atoms with Gasteiger partial charge in [0.15, 0.2) is 6.67 Å². The van der Waals surface area contributed by atoms with Gasteiger partial charge in [0.25, 0.3) is 5.82 Å². The van der Waals surface area contributed by atoms with Gasteiger partial charge < -0.3 is 9.47 Å². The van der Waals surface area contributed by atoms with Gasteiger partial charge >= 0.3 is 6.18 Å². The Bertz CT molecular complexity index is 860. The minimum Gasteiger partial charge on any atom is -0.310 e. The molecule has 0 radical (unpaired) electrons. The van der Waals surface area contributed by atoms with Gasteiger partial charge in [0.2, 0.25) is 4.77 Å². The Morgan fingerprint density at radius 2 is 1.96 bits per heavy atom. The molecule has 27 heavy (non-hydrogen) atoms. The minimum absolute atomic E-state index is 0.522. The molecule has 0 atom stereocenters. The fourth-order valence-electron chi connectivity index (χ4n) is 3.61. The number of alkyl halides is 3. The summed E-state index contributed by atoms with van der Waals surface area (Å²) >= 11 is 5.58. The summed E-state index contributed by atoms with van der Waals surface area (Å²) in [6.45, 7) is 6.03. The molecule has 0 bridgehead atoms. The van der Waals surface area contributed by atoms with Gasteiger partial charge in [-0.3, -0.25) is 4.90 Å². The van der Waals surface area contributed by atoms with E-state index in [1.165, 1.54) is 23.8 Å². The molecule has 10 heteroatoms. The third kappa shape index (κ3) is 3.86. The van der Waals surface area contributed by atoms with Gasteiger partial charge in [-0.05, 0) is 38.0 Å². The molecular formula is C17H23F3N6S+2. The van der Waals surface area contributed by atoms with Gasteiger partial charge in [0.05, 0.1) is 5.56 Å². The van der Waals surface area contributed by atoms with Gasteiger partial charge in [-0.1, -0.05) is 0 Å². The van der Waals surface area contributed by atoms with Crippen LogP contribution < -0.4 is 14.8 Å². The number of nitrogens with zero attached hydrogens (tertiary/aromatic N) is 4. The Kier molecular flexibility index (Phi) is 4.71. The van der Waals surface area contributed by atoms with Gasteiger partial charge in [-0.25, -0.2) is 4.98 Å². The number of pyridine rings is 1. The lowest BCUT2D eigenvalue weighted by Gasteiger charge is -2.28. The van der Waals surface area contributed by atoms with E-state index in [9.17, 15) is 13.2 Å². The van der Waals surface area contributed by atoms with Gasteiger partial charge in [-0.15, -0.1) is 0 Å². The van der Waals surface area contributed by atoms with Crippen LogP contribution in [0.15, 0.2) is 18.3 Å². The predicted octanol–water partition coefficient (Wildman–Crippen LogP) is 1.25. The number of hydrogen-bond donors (Lipinski definition) is 1. The highest BCUT2D eigenvalue weighted by atomic mass is 32.1. The number of hydrogen-bond acceptors (Lipinski definition) is 3. The maximum Gasteiger partial charge on any atom is 0.419 e. The van der Waals surface area contributed by atoms with Crippen LogP contribution in [0.1, 0.15) is 30.3 Å². The van der Waals surface area contributed by atoms with E-state index in [4.69, 9.17) is 12.2 Å². The molecular weight excluding hydrogens is 377 g/mol. The first kappa shape index (κ1) is 18.4. The molecule has 1 aliphatic heterocycles. The number of H-pyrrole nitrogens is 1. The smallest absolute Gasteiger partial charge is 0.310 e. The standard InChI is InChI=1S/C17H21F3N6S/c1-12-22-25(16(27)26(12)14-3-4-14)11-23-6-8-24(9-7-23)15-5-2-13(10-21-15)17(18,19)20/h2,5,10,14H,3-4,6-9,11H2,1H3/p+2. The van der Waals surface area contributed by atoms with Crippen LogP contribution in [0.2, 0.25) is 0 Å². The lowest BCUT2D eigenvalue weighted by atomic mass is 10.2. The second-order valence-electron chi connectivity index (χ2n) is 7.29. The molecule has 1 aliphatic carbocycles. The van der Waals surface area contributed by atoms with E-state index in [1.807, 2.05) is 11.6 Å². The molecule has 4 rings (SSSR count). The number of quaternary nitrogens is 1. The Morgan fingerprint density at radius 3 is 2.52 bits per heavy atom. The minimum atomic E-state index is -4.32. The van der Waals surface area contributed by atoms with Crippen molar-refractivity contribution >= 4 is 18.0 Å². The number of piperazine rings is 1. The molecule has 146 valence electrons. The van der Waals surface area contributed by atoms with Crippen molar-refractivity contribution in [3.8, 4) is 0 Å². The van der Waals surface area contributed by atoms with Crippen molar-refractivity contribution < 1.29 is 23.1 Å². The Balaban J connectivity index is 1.37. The van der Waals surface area contributed by atoms with E-state index in [1.54, 1.807) is 0 Å². The van der Waals surface area contributed by atoms with Crippen molar-refractivity contribution in [1.29, 1.82) is 0 Å². The first-order chi connectivity index (χ1) is 12.8. The maximum atomic E-state index is 12.7. The zero-order valence-corrected chi connectivity index (χ0v) is 15.9. The number of rotatable bonds is 4. The lowest BCUT2D eigenvalue weighted by Crippen LogP contribution is -3.14. The van der Waals surface area contributed by atoms with E-state index >= 15 is 0 Å². The third-order valence-electron chi connectivity index (χ3n) is 5.26. The Morgan fingerprint density at radius 1 is 1.26 bits per heavy atom. The average Bonchev–Trinajstić information content (AvgIpc) is 3.42. The zero-order valence-electron chi connectivity index (χ0n) is 15.1. The fourth-order valence-corrected chi connectivity index (χ4v) is 3.99. The van der Waals surface area contributed by atoms with Crippen molar-refractivity contribution in [3.05, 3.63) is 34.5 Å². The third-order valence-corrected chi connectivity index (χ3v) is 5.67. The highest BCUT2D eigenvalue weighted by Gasteiger charge is 2.33. The maximum absolute atomic E-state index is 12.7. The summed E-state index contributed by atoms with van der Waals surface area (Å²) in [6.07, 6.45) is -0.938. The molecule has 0 spiro atoms. The average molecular weight is 400 g/mol. The van der Waals surface area contributed by atoms with Crippen LogP contribution in [-0.4, -0.2) is 40.5 Å². The highest BCUT2D eigenvalue weighted by Crippen LogP contribution is 2.35. The number of nitrogens with one attached hydrogen (secondary N) is 2. The summed E-state index contributed by atoms with van der Waals surface area (Å²) in [5, 5.41) is 4.60. The van der Waals surface area contributed by atoms with Crippen LogP contribution in [-0.2, 0) is 12.8 Å². The van der Waals surface area contributed by atoms with E-state index in [-0.39, 0.29) is 0 Å². The quantitative estimate of drug-likeness (QED) is 0.786. The van der Waals surface area contributed by atoms with Crippen LogP contribution in [0.5, 0.6) is 0 Å². The summed E-state index contributed by atoms with van der Waals surface area (Å²) in [5.74, 6) is 1.69. The van der Waals surface area contributed by atoms with Crippen molar-refractivity contribution in [2.45, 2.75) is 38.7 Å². The molecule has 2 aromatic heterocycles. The second-order valence-corrected chi connectivity index (χ2v) is 7.65. The van der Waals surface area contributed by atoms with E-state index < -0.39 is 11.7 Å². The zero-order chi connectivity index (χ0) is 19.2. The van der Waals surface area contributed by atoms with Gasteiger partial charge in [0.1, 0.15) is 38.2 Å². The largest absolute Gasteiger partial charge is 0.419 e. The second kappa shape index (κ2) is 6.90. The summed E-state index contributed by atoms with van der Waals surface area (Å²) < 4.78 is 42.9. The van der Waals surface area contributed by atoms with E-state index in [0.717, 1.165) is 55.7 Å². The first-order valence-corrected chi connectivity index (χ1v) is 9.57. The van der Waals surface area contributed by atoms with E-state index in [0.29, 0.717) is 11.9 Å². The number of aromatic amines is 1. The molecule has 2 fully saturated rings. The van der Waals surface area contributed by atoms with Gasteiger partial charge in [-0.2, -0.15) is 23.0 Å². The van der Waals surface area contributed by atoms with Crippen LogP contribution >= 0.6 is 12.2 Å². The Hall–Kier alpha value is -1.94. The van der Waals surface area contributed by atoms with Crippen LogP contribution in [0.25, 0.3) is 0 Å². The Labute approximate surface area is 160 Å². The predicted molar refractivity (Wildman–Crippen MR) is 95.0 cm³/mol. The molecule has 6 nitrogen and oxygen atoms in total. The van der Waals surface area contributed by atoms with Crippen LogP contribution in [0.4, 0.5) is 19.0 Å². The normalized spacial score (nSPS) is 18.9. The van der Waals surface area contributed by atoms with Crippen LogP contribution in [0.3, 0.4) is 0 Å². The van der Waals surface area contributed by atoms with Crippen molar-refractivity contribution in [2.24, 2.45) is 0 Å². The van der Waals surface area contributed by atoms with Crippen molar-refractivity contribution in [2.75, 3.05) is 31.1 Å². The molecule has 2 N–H and O–H groups in total. The number of aryl methyl sites for hydroxylation is 1. The van der Waals surface area contributed by atoms with E-state index in [2.05, 4.69) is 19.5 Å². The monoisotopic (exact) mass is 400 g/mol. The fraction of sp³-hybridized carbons (Fsp3) is 0.588. The van der Waals surface area contributed by atoms with Gasteiger partial charge in [0, 0.05) is 12.1 Å². The number of halogens is 3. The molecule has 1 saturated heterocycles. The first-order valence-electron chi connectivity index (χ1n) is 9.16. The molecule has 0 aromatic carbocycles. The summed E-state index contributed by atoms with van der Waals surface area (Å²) in [7, 11) is 0. The molecule has 2 aromatic rings. The summed E-state index contributed by atoms with van der Waals surface area (Å²) in [5.41, 5.74) is -0.661. The SMILES string of the molecule is Cc1nn(C[NH+]2CCN(c3ccc(C(F)(F)F)c[nH+]3)CC2)c(=S)n1C1CC1. The molecule has 1 saturated carbocycles. The molecule has 2 aliphatic rings. The number of anilines is 1. The highest BCUT2D eigenvalue weighted by molar-refractivity contribution is 7.71. The summed E-state index contributed by atoms with van der Waals surface area (Å²) in [6, 6.07) is 3.15. The molecule has 0 unspecified atom stereocenters. The molecule has 0 amide bonds. The molecule has 3 heterocycles. The lowest BCUT2D eigenvalue weighted by molar-refractivity contribution is -0.924. The topological polar surface area (TPSA) is 44.6 Å². The number of aromatic nitrogens is 4. The van der Waals surface area contributed by atoms with Crippen molar-refractivity contribution in [3.63, 3.8) is 0 Å². The summed E-state index contributed by atoms with van der Waals surface area (Å²) in [4.78, 5) is 6.23.